The SMILES string of the molecule is CC(=O)N1CCc2cc(-c3nc(NC4CC4)sc3C)ccc21. The molecule has 1 fully saturated rings. The van der Waals surface area contributed by atoms with E-state index in [9.17, 15) is 4.79 Å². The van der Waals surface area contributed by atoms with Gasteiger partial charge in [0.25, 0.3) is 0 Å². The van der Waals surface area contributed by atoms with Crippen molar-refractivity contribution in [1.82, 2.24) is 4.98 Å². The van der Waals surface area contributed by atoms with Crippen molar-refractivity contribution >= 4 is 28.1 Å². The Morgan fingerprint density at radius 2 is 2.23 bits per heavy atom. The van der Waals surface area contributed by atoms with Crippen LogP contribution in [0.1, 0.15) is 30.2 Å². The second-order valence-corrected chi connectivity index (χ2v) is 7.31. The summed E-state index contributed by atoms with van der Waals surface area (Å²) in [4.78, 5) is 19.5. The first-order valence-corrected chi connectivity index (χ1v) is 8.59. The number of aromatic nitrogens is 1. The van der Waals surface area contributed by atoms with Crippen LogP contribution in [0.25, 0.3) is 11.3 Å². The molecule has 2 heterocycles. The summed E-state index contributed by atoms with van der Waals surface area (Å²) in [5.41, 5.74) is 4.52. The van der Waals surface area contributed by atoms with Crippen LogP contribution in [0, 0.1) is 6.92 Å². The maximum atomic E-state index is 11.6. The van der Waals surface area contributed by atoms with Gasteiger partial charge in [0, 0.05) is 35.6 Å². The maximum Gasteiger partial charge on any atom is 0.223 e. The van der Waals surface area contributed by atoms with Crippen LogP contribution in [0.5, 0.6) is 0 Å². The lowest BCUT2D eigenvalue weighted by atomic mass is 10.1. The number of amides is 1. The molecular weight excluding hydrogens is 294 g/mol. The van der Waals surface area contributed by atoms with E-state index in [0.29, 0.717) is 6.04 Å². The van der Waals surface area contributed by atoms with E-state index >= 15 is 0 Å². The summed E-state index contributed by atoms with van der Waals surface area (Å²) in [5, 5.41) is 4.50. The third-order valence-electron chi connectivity index (χ3n) is 4.33. The molecule has 4 nitrogen and oxygen atoms in total. The second-order valence-electron chi connectivity index (χ2n) is 6.11. The summed E-state index contributed by atoms with van der Waals surface area (Å²) in [6, 6.07) is 6.97. The normalized spacial score (nSPS) is 16.7. The molecule has 4 rings (SSSR count). The van der Waals surface area contributed by atoms with Crippen molar-refractivity contribution in [2.24, 2.45) is 0 Å². The molecule has 2 aliphatic rings. The van der Waals surface area contributed by atoms with E-state index in [1.807, 2.05) is 4.90 Å². The molecule has 1 amide bonds. The number of nitrogens with zero attached hydrogens (tertiary/aromatic N) is 2. The minimum Gasteiger partial charge on any atom is -0.359 e. The van der Waals surface area contributed by atoms with E-state index in [-0.39, 0.29) is 5.91 Å². The molecule has 0 spiro atoms. The topological polar surface area (TPSA) is 45.2 Å². The Kier molecular flexibility index (Phi) is 3.18. The van der Waals surface area contributed by atoms with Gasteiger partial charge in [0.05, 0.1) is 5.69 Å². The number of fused-ring (bicyclic) bond motifs is 1. The van der Waals surface area contributed by atoms with Gasteiger partial charge in [-0.3, -0.25) is 4.79 Å². The van der Waals surface area contributed by atoms with Crippen LogP contribution in [-0.4, -0.2) is 23.5 Å². The number of carbonyl (C=O) groups is 1. The molecular formula is C17H19N3OS. The molecule has 0 atom stereocenters. The first-order chi connectivity index (χ1) is 10.6. The average Bonchev–Trinajstić information content (AvgIpc) is 3.07. The lowest BCUT2D eigenvalue weighted by Gasteiger charge is -2.14. The van der Waals surface area contributed by atoms with Gasteiger partial charge in [0.1, 0.15) is 0 Å². The third kappa shape index (κ3) is 2.39. The molecule has 22 heavy (non-hydrogen) atoms. The van der Waals surface area contributed by atoms with Crippen molar-refractivity contribution < 1.29 is 4.79 Å². The zero-order valence-electron chi connectivity index (χ0n) is 12.8. The second kappa shape index (κ2) is 5.09. The highest BCUT2D eigenvalue weighted by Crippen LogP contribution is 2.36. The number of hydrogen-bond acceptors (Lipinski definition) is 4. The summed E-state index contributed by atoms with van der Waals surface area (Å²) < 4.78 is 0. The fourth-order valence-electron chi connectivity index (χ4n) is 3.00. The van der Waals surface area contributed by atoms with Crippen molar-refractivity contribution in [3.05, 3.63) is 28.6 Å². The Balaban J connectivity index is 1.66. The minimum atomic E-state index is 0.118. The Hall–Kier alpha value is -1.88. The van der Waals surface area contributed by atoms with E-state index in [0.717, 1.165) is 35.0 Å². The summed E-state index contributed by atoms with van der Waals surface area (Å²) in [6.07, 6.45) is 3.44. The largest absolute Gasteiger partial charge is 0.359 e. The van der Waals surface area contributed by atoms with Crippen LogP contribution < -0.4 is 10.2 Å². The van der Waals surface area contributed by atoms with E-state index in [1.54, 1.807) is 18.3 Å². The van der Waals surface area contributed by atoms with E-state index in [2.05, 4.69) is 30.4 Å². The predicted octanol–water partition coefficient (Wildman–Crippen LogP) is 3.60. The lowest BCUT2D eigenvalue weighted by molar-refractivity contribution is -0.116. The summed E-state index contributed by atoms with van der Waals surface area (Å²) >= 11 is 1.73. The molecule has 1 aliphatic heterocycles. The van der Waals surface area contributed by atoms with Gasteiger partial charge in [-0.05, 0) is 43.9 Å². The Labute approximate surface area is 134 Å². The van der Waals surface area contributed by atoms with Crippen LogP contribution in [0.2, 0.25) is 0 Å². The number of benzene rings is 1. The molecule has 1 aromatic heterocycles. The summed E-state index contributed by atoms with van der Waals surface area (Å²) in [5.74, 6) is 0.118. The number of hydrogen-bond donors (Lipinski definition) is 1. The highest BCUT2D eigenvalue weighted by Gasteiger charge is 2.24. The van der Waals surface area contributed by atoms with Crippen LogP contribution >= 0.6 is 11.3 Å². The smallest absolute Gasteiger partial charge is 0.223 e. The first kappa shape index (κ1) is 13.8. The lowest BCUT2D eigenvalue weighted by Crippen LogP contribution is -2.25. The van der Waals surface area contributed by atoms with Crippen LogP contribution in [0.3, 0.4) is 0 Å². The van der Waals surface area contributed by atoms with E-state index in [4.69, 9.17) is 4.98 Å². The van der Waals surface area contributed by atoms with Gasteiger partial charge in [-0.25, -0.2) is 4.98 Å². The molecule has 1 saturated carbocycles. The fraction of sp³-hybridized carbons (Fsp3) is 0.412. The van der Waals surface area contributed by atoms with Gasteiger partial charge in [-0.15, -0.1) is 11.3 Å². The molecule has 0 saturated heterocycles. The maximum absolute atomic E-state index is 11.6. The van der Waals surface area contributed by atoms with Gasteiger partial charge in [-0.1, -0.05) is 6.07 Å². The average molecular weight is 313 g/mol. The molecule has 1 N–H and O–H groups in total. The van der Waals surface area contributed by atoms with Crippen molar-refractivity contribution in [1.29, 1.82) is 0 Å². The van der Waals surface area contributed by atoms with Gasteiger partial charge in [-0.2, -0.15) is 0 Å². The zero-order chi connectivity index (χ0) is 15.3. The monoisotopic (exact) mass is 313 g/mol. The van der Waals surface area contributed by atoms with E-state index in [1.165, 1.54) is 23.3 Å². The van der Waals surface area contributed by atoms with Gasteiger partial charge >= 0.3 is 0 Å². The predicted molar refractivity (Wildman–Crippen MR) is 90.7 cm³/mol. The highest BCUT2D eigenvalue weighted by atomic mass is 32.1. The zero-order valence-corrected chi connectivity index (χ0v) is 13.7. The minimum absolute atomic E-state index is 0.118. The summed E-state index contributed by atoms with van der Waals surface area (Å²) in [6.45, 7) is 4.54. The third-order valence-corrected chi connectivity index (χ3v) is 5.23. The van der Waals surface area contributed by atoms with Crippen molar-refractivity contribution in [2.75, 3.05) is 16.8 Å². The fourth-order valence-corrected chi connectivity index (χ4v) is 3.92. The van der Waals surface area contributed by atoms with Crippen molar-refractivity contribution in [3.63, 3.8) is 0 Å². The molecule has 1 aromatic carbocycles. The molecule has 1 aliphatic carbocycles. The Bertz CT molecular complexity index is 748. The van der Waals surface area contributed by atoms with Gasteiger partial charge in [0.2, 0.25) is 5.91 Å². The van der Waals surface area contributed by atoms with Gasteiger partial charge < -0.3 is 10.2 Å². The molecule has 5 heteroatoms. The Morgan fingerprint density at radius 1 is 1.41 bits per heavy atom. The van der Waals surface area contributed by atoms with Crippen LogP contribution in [-0.2, 0) is 11.2 Å². The number of rotatable bonds is 3. The Morgan fingerprint density at radius 3 is 2.95 bits per heavy atom. The van der Waals surface area contributed by atoms with Crippen molar-refractivity contribution in [3.8, 4) is 11.3 Å². The van der Waals surface area contributed by atoms with Crippen LogP contribution in [0.15, 0.2) is 18.2 Å². The number of carbonyl (C=O) groups excluding carboxylic acids is 1. The van der Waals surface area contributed by atoms with Gasteiger partial charge in [0.15, 0.2) is 5.13 Å². The number of thiazole rings is 1. The number of anilines is 2. The highest BCUT2D eigenvalue weighted by molar-refractivity contribution is 7.16. The van der Waals surface area contributed by atoms with E-state index < -0.39 is 0 Å². The number of nitrogens with one attached hydrogen (secondary N) is 1. The molecule has 0 unspecified atom stereocenters. The molecule has 114 valence electrons. The standard InChI is InChI=1S/C17H19N3OS/c1-10-16(19-17(22-10)18-14-4-5-14)13-3-6-15-12(9-13)7-8-20(15)11(2)21/h3,6,9,14H,4-5,7-8H2,1-2H3,(H,18,19). The molecule has 0 radical (unpaired) electrons. The van der Waals surface area contributed by atoms with Crippen molar-refractivity contribution in [2.45, 2.75) is 39.2 Å². The van der Waals surface area contributed by atoms with Crippen LogP contribution in [0.4, 0.5) is 10.8 Å². The first-order valence-electron chi connectivity index (χ1n) is 7.77. The molecule has 0 bridgehead atoms. The summed E-state index contributed by atoms with van der Waals surface area (Å²) in [7, 11) is 0. The molecule has 2 aromatic rings. The number of aryl methyl sites for hydroxylation is 1. The quantitative estimate of drug-likeness (QED) is 0.941.